The highest BCUT2D eigenvalue weighted by molar-refractivity contribution is 6.17. The molecule has 0 saturated carbocycles. The summed E-state index contributed by atoms with van der Waals surface area (Å²) in [5, 5.41) is 0. The summed E-state index contributed by atoms with van der Waals surface area (Å²) in [4.78, 5) is 6.07. The summed E-state index contributed by atoms with van der Waals surface area (Å²) in [7, 11) is 0. The van der Waals surface area contributed by atoms with Gasteiger partial charge in [-0.25, -0.2) is 4.98 Å². The van der Waals surface area contributed by atoms with Crippen LogP contribution in [0, 0.1) is 5.92 Å². The number of hydrogen-bond acceptors (Lipinski definition) is 2. The lowest BCUT2D eigenvalue weighted by molar-refractivity contribution is -0.179. The Morgan fingerprint density at radius 2 is 2.00 bits per heavy atom. The first-order valence-corrected chi connectivity index (χ1v) is 6.36. The largest absolute Gasteiger partial charge is 0.391 e. The van der Waals surface area contributed by atoms with Gasteiger partial charge in [0.1, 0.15) is 5.82 Å². The maximum absolute atomic E-state index is 12.5. The van der Waals surface area contributed by atoms with E-state index in [-0.39, 0.29) is 12.8 Å². The topological polar surface area (TPSA) is 16.1 Å². The Kier molecular flexibility index (Phi) is 4.00. The molecule has 6 heteroatoms. The molecule has 2 nitrogen and oxygen atoms in total. The van der Waals surface area contributed by atoms with E-state index in [2.05, 4.69) is 4.98 Å². The minimum absolute atomic E-state index is 0.135. The second-order valence-corrected chi connectivity index (χ2v) is 4.73. The molecule has 18 heavy (non-hydrogen) atoms. The van der Waals surface area contributed by atoms with E-state index in [1.165, 1.54) is 0 Å². The van der Waals surface area contributed by atoms with Gasteiger partial charge >= 0.3 is 6.18 Å². The SMILES string of the molecule is FC(F)(F)C1CCN(c2cc(CCl)ccn2)CC1. The highest BCUT2D eigenvalue weighted by Gasteiger charge is 2.41. The first-order valence-electron chi connectivity index (χ1n) is 5.83. The number of hydrogen-bond donors (Lipinski definition) is 0. The molecular weight excluding hydrogens is 265 g/mol. The van der Waals surface area contributed by atoms with Crippen molar-refractivity contribution in [3.8, 4) is 0 Å². The van der Waals surface area contributed by atoms with E-state index < -0.39 is 12.1 Å². The van der Waals surface area contributed by atoms with Gasteiger partial charge in [0.2, 0.25) is 0 Å². The number of aromatic nitrogens is 1. The average molecular weight is 279 g/mol. The molecule has 1 aliphatic rings. The number of piperidine rings is 1. The third kappa shape index (κ3) is 3.07. The van der Waals surface area contributed by atoms with Crippen LogP contribution in [0.15, 0.2) is 18.3 Å². The molecule has 0 aromatic carbocycles. The van der Waals surface area contributed by atoms with Crippen molar-refractivity contribution in [1.82, 2.24) is 4.98 Å². The van der Waals surface area contributed by atoms with Crippen LogP contribution in [0.5, 0.6) is 0 Å². The average Bonchev–Trinajstić information content (AvgIpc) is 2.38. The van der Waals surface area contributed by atoms with Crippen LogP contribution >= 0.6 is 11.6 Å². The molecule has 1 fully saturated rings. The maximum atomic E-state index is 12.5. The smallest absolute Gasteiger partial charge is 0.357 e. The normalized spacial score (nSPS) is 18.1. The van der Waals surface area contributed by atoms with Gasteiger partial charge in [-0.1, -0.05) is 0 Å². The van der Waals surface area contributed by atoms with Gasteiger partial charge in [-0.05, 0) is 30.5 Å². The molecule has 0 radical (unpaired) electrons. The molecule has 0 unspecified atom stereocenters. The van der Waals surface area contributed by atoms with Crippen LogP contribution in [0.4, 0.5) is 19.0 Å². The number of halogens is 4. The zero-order chi connectivity index (χ0) is 13.2. The van der Waals surface area contributed by atoms with Crippen molar-refractivity contribution in [3.05, 3.63) is 23.9 Å². The predicted molar refractivity (Wildman–Crippen MR) is 64.8 cm³/mol. The van der Waals surface area contributed by atoms with E-state index in [4.69, 9.17) is 11.6 Å². The Morgan fingerprint density at radius 3 is 2.56 bits per heavy atom. The quantitative estimate of drug-likeness (QED) is 0.769. The molecular formula is C12H14ClF3N2. The Morgan fingerprint density at radius 1 is 1.33 bits per heavy atom. The first-order chi connectivity index (χ1) is 8.50. The maximum Gasteiger partial charge on any atom is 0.391 e. The van der Waals surface area contributed by atoms with E-state index in [9.17, 15) is 13.2 Å². The molecule has 0 aliphatic carbocycles. The van der Waals surface area contributed by atoms with Gasteiger partial charge in [0.05, 0.1) is 5.92 Å². The van der Waals surface area contributed by atoms with Crippen LogP contribution in [0.25, 0.3) is 0 Å². The molecule has 1 saturated heterocycles. The highest BCUT2D eigenvalue weighted by Crippen LogP contribution is 2.35. The Labute approximate surface area is 109 Å². The van der Waals surface area contributed by atoms with Gasteiger partial charge in [-0.2, -0.15) is 13.2 Å². The number of pyridine rings is 1. The molecule has 1 aromatic rings. The summed E-state index contributed by atoms with van der Waals surface area (Å²) in [5.41, 5.74) is 0.930. The van der Waals surface area contributed by atoms with Gasteiger partial charge in [0, 0.05) is 25.2 Å². The van der Waals surface area contributed by atoms with Crippen molar-refractivity contribution in [2.75, 3.05) is 18.0 Å². The summed E-state index contributed by atoms with van der Waals surface area (Å²) < 4.78 is 37.6. The lowest BCUT2D eigenvalue weighted by Gasteiger charge is -2.33. The lowest BCUT2D eigenvalue weighted by Crippen LogP contribution is -2.39. The molecule has 2 rings (SSSR count). The fourth-order valence-corrected chi connectivity index (χ4v) is 2.32. The minimum Gasteiger partial charge on any atom is -0.357 e. The molecule has 0 bridgehead atoms. The zero-order valence-corrected chi connectivity index (χ0v) is 10.5. The van der Waals surface area contributed by atoms with Crippen LogP contribution in [0.3, 0.4) is 0 Å². The van der Waals surface area contributed by atoms with Crippen LogP contribution in [-0.2, 0) is 5.88 Å². The second-order valence-electron chi connectivity index (χ2n) is 4.46. The first kappa shape index (κ1) is 13.5. The van der Waals surface area contributed by atoms with Crippen molar-refractivity contribution in [2.24, 2.45) is 5.92 Å². The Hall–Kier alpha value is -0.970. The number of rotatable bonds is 2. The molecule has 100 valence electrons. The van der Waals surface area contributed by atoms with Crippen molar-refractivity contribution >= 4 is 17.4 Å². The summed E-state index contributed by atoms with van der Waals surface area (Å²) >= 11 is 5.73. The van der Waals surface area contributed by atoms with Gasteiger partial charge in [-0.15, -0.1) is 11.6 Å². The van der Waals surface area contributed by atoms with E-state index in [1.807, 2.05) is 11.0 Å². The van der Waals surface area contributed by atoms with Crippen molar-refractivity contribution in [3.63, 3.8) is 0 Å². The monoisotopic (exact) mass is 278 g/mol. The molecule has 0 spiro atoms. The molecule has 0 amide bonds. The van der Waals surface area contributed by atoms with Gasteiger partial charge in [-0.3, -0.25) is 0 Å². The van der Waals surface area contributed by atoms with Crippen LogP contribution in [-0.4, -0.2) is 24.2 Å². The van der Waals surface area contributed by atoms with E-state index in [0.717, 1.165) is 5.56 Å². The highest BCUT2D eigenvalue weighted by atomic mass is 35.5. The molecule has 1 aromatic heterocycles. The van der Waals surface area contributed by atoms with Crippen molar-refractivity contribution in [2.45, 2.75) is 24.9 Å². The molecule has 0 atom stereocenters. The second kappa shape index (κ2) is 5.34. The zero-order valence-electron chi connectivity index (χ0n) is 9.75. The Balaban J connectivity index is 2.01. The predicted octanol–water partition coefficient (Wildman–Crippen LogP) is 3.60. The summed E-state index contributed by atoms with van der Waals surface area (Å²) in [6.45, 7) is 0.784. The fraction of sp³-hybridized carbons (Fsp3) is 0.583. The number of alkyl halides is 4. The Bertz CT molecular complexity index is 401. The third-order valence-electron chi connectivity index (χ3n) is 3.25. The standard InChI is InChI=1S/C12H14ClF3N2/c13-8-9-1-4-17-11(7-9)18-5-2-10(3-6-18)12(14,15)16/h1,4,7,10H,2-3,5-6,8H2. The summed E-state index contributed by atoms with van der Waals surface area (Å²) in [5.74, 6) is -0.0760. The van der Waals surface area contributed by atoms with Crippen molar-refractivity contribution < 1.29 is 13.2 Å². The number of nitrogens with zero attached hydrogens (tertiary/aromatic N) is 2. The molecule has 2 heterocycles. The summed E-state index contributed by atoms with van der Waals surface area (Å²) in [6.07, 6.45) is -2.16. The van der Waals surface area contributed by atoms with Crippen molar-refractivity contribution in [1.29, 1.82) is 0 Å². The third-order valence-corrected chi connectivity index (χ3v) is 3.55. The fourth-order valence-electron chi connectivity index (χ4n) is 2.15. The number of anilines is 1. The molecule has 0 N–H and O–H groups in total. The van der Waals surface area contributed by atoms with Gasteiger partial charge in [0.15, 0.2) is 0 Å². The van der Waals surface area contributed by atoms with Gasteiger partial charge in [0.25, 0.3) is 0 Å². The van der Waals surface area contributed by atoms with Crippen LogP contribution in [0.1, 0.15) is 18.4 Å². The van der Waals surface area contributed by atoms with E-state index in [1.54, 1.807) is 12.3 Å². The lowest BCUT2D eigenvalue weighted by atomic mass is 9.96. The van der Waals surface area contributed by atoms with E-state index in [0.29, 0.717) is 24.8 Å². The van der Waals surface area contributed by atoms with E-state index >= 15 is 0 Å². The van der Waals surface area contributed by atoms with Gasteiger partial charge < -0.3 is 4.90 Å². The minimum atomic E-state index is -4.07. The summed E-state index contributed by atoms with van der Waals surface area (Å²) in [6, 6.07) is 3.64. The molecule has 1 aliphatic heterocycles. The van der Waals surface area contributed by atoms with Crippen LogP contribution < -0.4 is 4.90 Å². The van der Waals surface area contributed by atoms with Crippen LogP contribution in [0.2, 0.25) is 0 Å².